The Labute approximate surface area is 125 Å². The van der Waals surface area contributed by atoms with Crippen molar-refractivity contribution < 1.29 is 14.4 Å². The van der Waals surface area contributed by atoms with E-state index < -0.39 is 0 Å². The molecule has 2 heterocycles. The molecule has 1 N–H and O–H groups in total. The molecule has 1 saturated carbocycles. The predicted molar refractivity (Wildman–Crippen MR) is 76.9 cm³/mol. The van der Waals surface area contributed by atoms with Crippen molar-refractivity contribution in [1.29, 1.82) is 0 Å². The van der Waals surface area contributed by atoms with Crippen molar-refractivity contribution >= 4 is 0 Å². The summed E-state index contributed by atoms with van der Waals surface area (Å²) in [5.74, 6) is 1.69. The first kappa shape index (κ1) is 14.9. The lowest BCUT2D eigenvalue weighted by molar-refractivity contribution is -0.0350. The van der Waals surface area contributed by atoms with Gasteiger partial charge < -0.3 is 14.4 Å². The van der Waals surface area contributed by atoms with Crippen LogP contribution >= 0.6 is 0 Å². The Morgan fingerprint density at radius 2 is 2.10 bits per heavy atom. The van der Waals surface area contributed by atoms with Gasteiger partial charge in [0.2, 0.25) is 11.7 Å². The SMILES string of the molecule is CCCN1CCOC(c2noc(C3CCC(O)CC3)n2)C1. The quantitative estimate of drug-likeness (QED) is 0.914. The molecule has 6 heteroatoms. The topological polar surface area (TPSA) is 71.6 Å². The minimum Gasteiger partial charge on any atom is -0.393 e. The van der Waals surface area contributed by atoms with Crippen molar-refractivity contribution in [2.24, 2.45) is 0 Å². The molecule has 0 bridgehead atoms. The van der Waals surface area contributed by atoms with Crippen LogP contribution in [0.5, 0.6) is 0 Å². The average molecular weight is 295 g/mol. The van der Waals surface area contributed by atoms with E-state index in [2.05, 4.69) is 22.0 Å². The maximum absolute atomic E-state index is 9.57. The Morgan fingerprint density at radius 3 is 2.86 bits per heavy atom. The molecule has 118 valence electrons. The van der Waals surface area contributed by atoms with Gasteiger partial charge in [0.1, 0.15) is 6.10 Å². The summed E-state index contributed by atoms with van der Waals surface area (Å²) < 4.78 is 11.2. The lowest BCUT2D eigenvalue weighted by Gasteiger charge is -2.30. The fourth-order valence-electron chi connectivity index (χ4n) is 3.24. The van der Waals surface area contributed by atoms with Crippen LogP contribution in [-0.2, 0) is 4.74 Å². The summed E-state index contributed by atoms with van der Waals surface area (Å²) in [6.07, 6.45) is 4.42. The third kappa shape index (κ3) is 3.62. The van der Waals surface area contributed by atoms with Crippen LogP contribution in [0.1, 0.15) is 62.8 Å². The highest BCUT2D eigenvalue weighted by molar-refractivity contribution is 4.99. The molecule has 1 unspecified atom stereocenters. The molecule has 1 atom stereocenters. The molecule has 1 saturated heterocycles. The fourth-order valence-corrected chi connectivity index (χ4v) is 3.24. The van der Waals surface area contributed by atoms with Gasteiger partial charge in [0.25, 0.3) is 0 Å². The van der Waals surface area contributed by atoms with Gasteiger partial charge in [0, 0.05) is 19.0 Å². The van der Waals surface area contributed by atoms with Crippen LogP contribution in [0.4, 0.5) is 0 Å². The Bertz CT molecular complexity index is 441. The van der Waals surface area contributed by atoms with Gasteiger partial charge in [-0.25, -0.2) is 0 Å². The minimum absolute atomic E-state index is 0.0722. The smallest absolute Gasteiger partial charge is 0.229 e. The van der Waals surface area contributed by atoms with Gasteiger partial charge in [0.05, 0.1) is 12.7 Å². The molecule has 6 nitrogen and oxygen atoms in total. The molecule has 3 rings (SSSR count). The summed E-state index contributed by atoms with van der Waals surface area (Å²) in [7, 11) is 0. The molecule has 2 aliphatic rings. The monoisotopic (exact) mass is 295 g/mol. The first-order valence-electron chi connectivity index (χ1n) is 8.11. The van der Waals surface area contributed by atoms with Crippen molar-refractivity contribution in [3.8, 4) is 0 Å². The molecule has 1 aromatic heterocycles. The summed E-state index contributed by atoms with van der Waals surface area (Å²) in [6.45, 7) is 5.83. The van der Waals surface area contributed by atoms with Gasteiger partial charge in [-0.3, -0.25) is 4.90 Å². The molecule has 0 amide bonds. The summed E-state index contributed by atoms with van der Waals surface area (Å²) in [5.41, 5.74) is 0. The number of rotatable bonds is 4. The summed E-state index contributed by atoms with van der Waals surface area (Å²) in [5, 5.41) is 13.7. The van der Waals surface area contributed by atoms with E-state index in [1.807, 2.05) is 0 Å². The van der Waals surface area contributed by atoms with E-state index in [4.69, 9.17) is 9.26 Å². The Kier molecular flexibility index (Phi) is 4.87. The van der Waals surface area contributed by atoms with Crippen LogP contribution in [0.2, 0.25) is 0 Å². The van der Waals surface area contributed by atoms with E-state index in [-0.39, 0.29) is 12.2 Å². The van der Waals surface area contributed by atoms with Crippen LogP contribution in [0.3, 0.4) is 0 Å². The fraction of sp³-hybridized carbons (Fsp3) is 0.867. The second-order valence-electron chi connectivity index (χ2n) is 6.16. The Hall–Kier alpha value is -0.980. The molecule has 1 aliphatic carbocycles. The van der Waals surface area contributed by atoms with Crippen LogP contribution in [-0.4, -0.2) is 52.5 Å². The van der Waals surface area contributed by atoms with E-state index in [1.165, 1.54) is 0 Å². The van der Waals surface area contributed by atoms with Crippen molar-refractivity contribution in [2.45, 2.75) is 57.2 Å². The molecule has 2 fully saturated rings. The van der Waals surface area contributed by atoms with E-state index >= 15 is 0 Å². The van der Waals surface area contributed by atoms with Gasteiger partial charge in [0.15, 0.2) is 0 Å². The summed E-state index contributed by atoms with van der Waals surface area (Å²) in [6, 6.07) is 0. The number of morpholine rings is 1. The van der Waals surface area contributed by atoms with E-state index in [0.29, 0.717) is 17.6 Å². The van der Waals surface area contributed by atoms with Crippen LogP contribution in [0.15, 0.2) is 4.52 Å². The zero-order valence-electron chi connectivity index (χ0n) is 12.7. The lowest BCUT2D eigenvalue weighted by Crippen LogP contribution is -2.39. The van der Waals surface area contributed by atoms with E-state index in [9.17, 15) is 5.11 Å². The second-order valence-corrected chi connectivity index (χ2v) is 6.16. The molecule has 21 heavy (non-hydrogen) atoms. The minimum atomic E-state index is -0.159. The average Bonchev–Trinajstić information content (AvgIpc) is 2.98. The third-order valence-electron chi connectivity index (χ3n) is 4.48. The number of hydrogen-bond acceptors (Lipinski definition) is 6. The van der Waals surface area contributed by atoms with Crippen molar-refractivity contribution in [1.82, 2.24) is 15.0 Å². The van der Waals surface area contributed by atoms with Crippen LogP contribution in [0, 0.1) is 0 Å². The number of aromatic nitrogens is 2. The molecule has 0 spiro atoms. The number of ether oxygens (including phenoxy) is 1. The molecular weight excluding hydrogens is 270 g/mol. The first-order chi connectivity index (χ1) is 10.3. The highest BCUT2D eigenvalue weighted by atomic mass is 16.5. The summed E-state index contributed by atoms with van der Waals surface area (Å²) in [4.78, 5) is 6.96. The molecule has 0 aromatic carbocycles. The first-order valence-corrected chi connectivity index (χ1v) is 8.11. The number of aliphatic hydroxyl groups is 1. The molecular formula is C15H25N3O3. The third-order valence-corrected chi connectivity index (χ3v) is 4.48. The highest BCUT2D eigenvalue weighted by Crippen LogP contribution is 2.32. The van der Waals surface area contributed by atoms with Crippen molar-refractivity contribution in [3.63, 3.8) is 0 Å². The van der Waals surface area contributed by atoms with E-state index in [0.717, 1.165) is 58.3 Å². The zero-order valence-corrected chi connectivity index (χ0v) is 12.7. The number of nitrogens with zero attached hydrogens (tertiary/aromatic N) is 3. The normalized spacial score (nSPS) is 31.4. The molecule has 1 aliphatic heterocycles. The van der Waals surface area contributed by atoms with Crippen molar-refractivity contribution in [3.05, 3.63) is 11.7 Å². The van der Waals surface area contributed by atoms with Crippen LogP contribution < -0.4 is 0 Å². The van der Waals surface area contributed by atoms with Crippen LogP contribution in [0.25, 0.3) is 0 Å². The standard InChI is InChI=1S/C15H25N3O3/c1-2-7-18-8-9-20-13(10-18)14-16-15(21-17-14)11-3-5-12(19)6-4-11/h11-13,19H,2-10H2,1H3. The number of aliphatic hydroxyl groups excluding tert-OH is 1. The highest BCUT2D eigenvalue weighted by Gasteiger charge is 2.29. The largest absolute Gasteiger partial charge is 0.393 e. The predicted octanol–water partition coefficient (Wildman–Crippen LogP) is 1.87. The second kappa shape index (κ2) is 6.85. The van der Waals surface area contributed by atoms with Gasteiger partial charge >= 0.3 is 0 Å². The maximum Gasteiger partial charge on any atom is 0.229 e. The number of hydrogen-bond donors (Lipinski definition) is 1. The van der Waals surface area contributed by atoms with Gasteiger partial charge in [-0.15, -0.1) is 0 Å². The van der Waals surface area contributed by atoms with Gasteiger partial charge in [-0.1, -0.05) is 12.1 Å². The molecule has 1 aromatic rings. The molecule has 0 radical (unpaired) electrons. The van der Waals surface area contributed by atoms with E-state index in [1.54, 1.807) is 0 Å². The summed E-state index contributed by atoms with van der Waals surface area (Å²) >= 11 is 0. The van der Waals surface area contributed by atoms with Gasteiger partial charge in [-0.2, -0.15) is 4.98 Å². The zero-order chi connectivity index (χ0) is 14.7. The maximum atomic E-state index is 9.57. The lowest BCUT2D eigenvalue weighted by atomic mass is 9.87. The Morgan fingerprint density at radius 1 is 1.29 bits per heavy atom. The van der Waals surface area contributed by atoms with Crippen molar-refractivity contribution in [2.75, 3.05) is 26.2 Å². The van der Waals surface area contributed by atoms with Gasteiger partial charge in [-0.05, 0) is 38.6 Å². The Balaban J connectivity index is 1.61.